The molecule has 2 nitrogen and oxygen atoms in total. The fourth-order valence-corrected chi connectivity index (χ4v) is 1.78. The molecule has 16 heavy (non-hydrogen) atoms. The van der Waals surface area contributed by atoms with Gasteiger partial charge in [-0.05, 0) is 38.5 Å². The lowest BCUT2D eigenvalue weighted by molar-refractivity contribution is -0.130. The highest BCUT2D eigenvalue weighted by atomic mass is 16.2. The number of hydrogen-bond acceptors (Lipinski definition) is 1. The van der Waals surface area contributed by atoms with Crippen molar-refractivity contribution in [1.29, 1.82) is 0 Å². The van der Waals surface area contributed by atoms with Crippen LogP contribution in [-0.2, 0) is 4.79 Å². The van der Waals surface area contributed by atoms with E-state index in [-0.39, 0.29) is 22.8 Å². The summed E-state index contributed by atoms with van der Waals surface area (Å²) in [5.41, 5.74) is -0.114. The molecule has 0 fully saturated rings. The van der Waals surface area contributed by atoms with Crippen LogP contribution < -0.4 is 5.32 Å². The first kappa shape index (κ1) is 15.5. The highest BCUT2D eigenvalue weighted by molar-refractivity contribution is 5.80. The first-order valence-electron chi connectivity index (χ1n) is 6.25. The summed E-state index contributed by atoms with van der Waals surface area (Å²) in [5, 5.41) is 3.09. The molecule has 0 aromatic heterocycles. The van der Waals surface area contributed by atoms with Crippen LogP contribution in [0.3, 0.4) is 0 Å². The first-order chi connectivity index (χ1) is 6.93. The molecule has 1 atom stereocenters. The molecule has 0 bridgehead atoms. The van der Waals surface area contributed by atoms with Crippen LogP contribution in [-0.4, -0.2) is 11.4 Å². The molecule has 0 unspecified atom stereocenters. The molecule has 0 aliphatic heterocycles. The number of rotatable bonds is 3. The van der Waals surface area contributed by atoms with Gasteiger partial charge in [0.05, 0.1) is 0 Å². The summed E-state index contributed by atoms with van der Waals surface area (Å²) >= 11 is 0. The minimum absolute atomic E-state index is 0.0274. The van der Waals surface area contributed by atoms with E-state index in [4.69, 9.17) is 0 Å². The molecule has 0 radical (unpaired) electrons. The number of amides is 1. The van der Waals surface area contributed by atoms with Crippen molar-refractivity contribution in [3.8, 4) is 0 Å². The second kappa shape index (κ2) is 5.20. The van der Waals surface area contributed by atoms with Gasteiger partial charge in [-0.2, -0.15) is 0 Å². The topological polar surface area (TPSA) is 29.1 Å². The molecule has 1 N–H and O–H groups in total. The van der Waals surface area contributed by atoms with E-state index in [9.17, 15) is 4.79 Å². The van der Waals surface area contributed by atoms with Gasteiger partial charge in [0, 0.05) is 11.5 Å². The molecule has 0 rings (SSSR count). The van der Waals surface area contributed by atoms with Crippen molar-refractivity contribution in [3.05, 3.63) is 0 Å². The Hall–Kier alpha value is -0.530. The molecule has 1 amide bonds. The molecule has 0 spiro atoms. The molecule has 0 saturated heterocycles. The van der Waals surface area contributed by atoms with Crippen LogP contribution in [0.15, 0.2) is 0 Å². The van der Waals surface area contributed by atoms with E-state index in [1.54, 1.807) is 0 Å². The van der Waals surface area contributed by atoms with Crippen LogP contribution in [0.1, 0.15) is 61.8 Å². The zero-order chi connectivity index (χ0) is 13.1. The summed E-state index contributed by atoms with van der Waals surface area (Å²) in [5.74, 6) is 0.829. The lowest BCUT2D eigenvalue weighted by Crippen LogP contribution is -2.47. The third-order valence-electron chi connectivity index (χ3n) is 2.57. The Morgan fingerprint density at radius 3 is 1.75 bits per heavy atom. The van der Waals surface area contributed by atoms with Crippen molar-refractivity contribution < 1.29 is 4.79 Å². The van der Waals surface area contributed by atoms with Gasteiger partial charge in [0.15, 0.2) is 0 Å². The summed E-state index contributed by atoms with van der Waals surface area (Å²) in [6.07, 6.45) is 0.950. The van der Waals surface area contributed by atoms with Gasteiger partial charge in [-0.1, -0.05) is 34.6 Å². The van der Waals surface area contributed by atoms with Gasteiger partial charge in [-0.3, -0.25) is 4.79 Å². The molecule has 0 heterocycles. The minimum Gasteiger partial charge on any atom is -0.351 e. The maximum atomic E-state index is 12.2. The van der Waals surface area contributed by atoms with Crippen LogP contribution in [0.4, 0.5) is 0 Å². The predicted molar refractivity (Wildman–Crippen MR) is 70.3 cm³/mol. The highest BCUT2D eigenvalue weighted by Crippen LogP contribution is 2.31. The average Bonchev–Trinajstić information content (AvgIpc) is 1.93. The summed E-state index contributed by atoms with van der Waals surface area (Å²) < 4.78 is 0. The largest absolute Gasteiger partial charge is 0.351 e. The Labute approximate surface area is 101 Å². The fourth-order valence-electron chi connectivity index (χ4n) is 1.78. The Kier molecular flexibility index (Phi) is 5.03. The quantitative estimate of drug-likeness (QED) is 0.784. The zero-order valence-electron chi connectivity index (χ0n) is 12.3. The monoisotopic (exact) mass is 227 g/mol. The van der Waals surface area contributed by atoms with Crippen LogP contribution >= 0.6 is 0 Å². The molecule has 96 valence electrons. The fraction of sp³-hybridized carbons (Fsp3) is 0.929. The van der Waals surface area contributed by atoms with Crippen molar-refractivity contribution in [2.75, 3.05) is 0 Å². The Morgan fingerprint density at radius 2 is 1.50 bits per heavy atom. The first-order valence-corrected chi connectivity index (χ1v) is 6.25. The van der Waals surface area contributed by atoms with E-state index in [0.29, 0.717) is 5.92 Å². The smallest absolute Gasteiger partial charge is 0.224 e. The summed E-state index contributed by atoms with van der Waals surface area (Å²) in [7, 11) is 0. The number of nitrogens with one attached hydrogen (secondary N) is 1. The Bertz CT molecular complexity index is 230. The van der Waals surface area contributed by atoms with Crippen molar-refractivity contribution in [3.63, 3.8) is 0 Å². The molecule has 2 heteroatoms. The van der Waals surface area contributed by atoms with Gasteiger partial charge in [0.2, 0.25) is 5.91 Å². The third-order valence-corrected chi connectivity index (χ3v) is 2.57. The van der Waals surface area contributed by atoms with Crippen LogP contribution in [0.25, 0.3) is 0 Å². The van der Waals surface area contributed by atoms with E-state index in [0.717, 1.165) is 6.42 Å². The van der Waals surface area contributed by atoms with Crippen LogP contribution in [0.2, 0.25) is 0 Å². The molecule has 0 aromatic carbocycles. The lowest BCUT2D eigenvalue weighted by Gasteiger charge is -2.33. The van der Waals surface area contributed by atoms with Crippen molar-refractivity contribution >= 4 is 5.91 Å². The maximum absolute atomic E-state index is 12.2. The predicted octanol–water partition coefficient (Wildman–Crippen LogP) is 3.61. The molecule has 0 aromatic rings. The second-order valence-corrected chi connectivity index (χ2v) is 7.29. The molecular weight excluding hydrogens is 198 g/mol. The van der Waals surface area contributed by atoms with Crippen LogP contribution in [0, 0.1) is 17.3 Å². The van der Waals surface area contributed by atoms with Gasteiger partial charge < -0.3 is 5.32 Å². The summed E-state index contributed by atoms with van der Waals surface area (Å²) in [6.45, 7) is 16.8. The molecule has 0 saturated carbocycles. The number of carbonyl (C=O) groups is 1. The van der Waals surface area contributed by atoms with Crippen molar-refractivity contribution in [1.82, 2.24) is 5.32 Å². The molecular formula is C14H29NO. The SMILES string of the molecule is CC(C)C[C@H](C(=O)NC(C)(C)C)C(C)(C)C. The van der Waals surface area contributed by atoms with Crippen molar-refractivity contribution in [2.24, 2.45) is 17.3 Å². The van der Waals surface area contributed by atoms with Crippen LogP contribution in [0.5, 0.6) is 0 Å². The average molecular weight is 227 g/mol. The van der Waals surface area contributed by atoms with Gasteiger partial charge in [0.25, 0.3) is 0 Å². The summed E-state index contributed by atoms with van der Waals surface area (Å²) in [6, 6.07) is 0. The van der Waals surface area contributed by atoms with E-state index in [2.05, 4.69) is 39.9 Å². The van der Waals surface area contributed by atoms with Gasteiger partial charge in [0.1, 0.15) is 0 Å². The number of hydrogen-bond donors (Lipinski definition) is 1. The summed E-state index contributed by atoms with van der Waals surface area (Å²) in [4.78, 5) is 12.2. The van der Waals surface area contributed by atoms with Gasteiger partial charge in [-0.15, -0.1) is 0 Å². The van der Waals surface area contributed by atoms with Crippen molar-refractivity contribution in [2.45, 2.75) is 67.3 Å². The lowest BCUT2D eigenvalue weighted by atomic mass is 9.75. The third kappa shape index (κ3) is 6.14. The maximum Gasteiger partial charge on any atom is 0.224 e. The Balaban J connectivity index is 4.71. The van der Waals surface area contributed by atoms with Gasteiger partial charge in [-0.25, -0.2) is 0 Å². The number of carbonyl (C=O) groups excluding carboxylic acids is 1. The molecule has 0 aliphatic carbocycles. The van der Waals surface area contributed by atoms with E-state index in [1.165, 1.54) is 0 Å². The normalized spacial score (nSPS) is 15.1. The van der Waals surface area contributed by atoms with E-state index < -0.39 is 0 Å². The van der Waals surface area contributed by atoms with Gasteiger partial charge >= 0.3 is 0 Å². The minimum atomic E-state index is -0.141. The standard InChI is InChI=1S/C14H29NO/c1-10(2)9-11(13(3,4)5)12(16)15-14(6,7)8/h10-11H,9H2,1-8H3,(H,15,16)/t11-/m1/s1. The van der Waals surface area contributed by atoms with E-state index >= 15 is 0 Å². The Morgan fingerprint density at radius 1 is 1.06 bits per heavy atom. The van der Waals surface area contributed by atoms with E-state index in [1.807, 2.05) is 20.8 Å². The second-order valence-electron chi connectivity index (χ2n) is 7.29. The highest BCUT2D eigenvalue weighted by Gasteiger charge is 2.33. The molecule has 0 aliphatic rings. The zero-order valence-corrected chi connectivity index (χ0v) is 12.3.